The number of rotatable bonds is 6. The van der Waals surface area contributed by atoms with E-state index in [1.54, 1.807) is 0 Å². The summed E-state index contributed by atoms with van der Waals surface area (Å²) in [7, 11) is 0. The van der Waals surface area contributed by atoms with Crippen molar-refractivity contribution in [3.05, 3.63) is 52.0 Å². The van der Waals surface area contributed by atoms with Gasteiger partial charge in [0.25, 0.3) is 5.91 Å². The van der Waals surface area contributed by atoms with Gasteiger partial charge in [-0.2, -0.15) is 0 Å². The fourth-order valence-electron chi connectivity index (χ4n) is 4.88. The summed E-state index contributed by atoms with van der Waals surface area (Å²) in [6, 6.07) is 11.8. The highest BCUT2D eigenvalue weighted by atomic mass is 32.1. The number of benzene rings is 1. The molecule has 1 aromatic carbocycles. The van der Waals surface area contributed by atoms with Gasteiger partial charge in [-0.05, 0) is 70.2 Å². The molecule has 2 fully saturated rings. The van der Waals surface area contributed by atoms with Crippen LogP contribution in [0.4, 0.5) is 0 Å². The molecular weight excluding hydrogens is 420 g/mol. The molecule has 7 heteroatoms. The summed E-state index contributed by atoms with van der Waals surface area (Å²) in [5.41, 5.74) is 1.94. The van der Waals surface area contributed by atoms with E-state index in [1.165, 1.54) is 11.3 Å². The lowest BCUT2D eigenvalue weighted by Gasteiger charge is -2.31. The molecule has 32 heavy (non-hydrogen) atoms. The Balaban J connectivity index is 1.16. The topological polar surface area (TPSA) is 78.1 Å². The summed E-state index contributed by atoms with van der Waals surface area (Å²) >= 11 is 1.49. The van der Waals surface area contributed by atoms with Crippen molar-refractivity contribution in [2.45, 2.75) is 64.0 Å². The predicted octanol–water partition coefficient (Wildman–Crippen LogP) is 5.01. The third-order valence-electron chi connectivity index (χ3n) is 6.92. The number of carbonyl (C=O) groups is 2. The Morgan fingerprint density at radius 1 is 1.28 bits per heavy atom. The molecule has 5 rings (SSSR count). The summed E-state index contributed by atoms with van der Waals surface area (Å²) in [5.74, 6) is 1.82. The van der Waals surface area contributed by atoms with Crippen LogP contribution in [0, 0.1) is 5.92 Å². The Morgan fingerprint density at radius 2 is 2.09 bits per heavy atom. The zero-order valence-corrected chi connectivity index (χ0v) is 19.7. The molecule has 2 aromatic heterocycles. The van der Waals surface area contributed by atoms with Crippen molar-refractivity contribution in [1.82, 2.24) is 20.2 Å². The number of aromatic nitrogens is 2. The van der Waals surface area contributed by atoms with Crippen molar-refractivity contribution in [3.63, 3.8) is 0 Å². The van der Waals surface area contributed by atoms with Crippen molar-refractivity contribution < 1.29 is 9.59 Å². The van der Waals surface area contributed by atoms with Crippen LogP contribution in [-0.4, -0.2) is 38.8 Å². The molecule has 6 nitrogen and oxygen atoms in total. The number of fused-ring (bicyclic) bond motifs is 1. The van der Waals surface area contributed by atoms with E-state index in [-0.39, 0.29) is 23.4 Å². The van der Waals surface area contributed by atoms with E-state index in [2.05, 4.69) is 29.1 Å². The number of carbonyl (C=O) groups excluding carboxylic acids is 2. The molecule has 1 saturated heterocycles. The maximum absolute atomic E-state index is 13.0. The maximum atomic E-state index is 13.0. The summed E-state index contributed by atoms with van der Waals surface area (Å²) in [6.45, 7) is 7.07. The van der Waals surface area contributed by atoms with Crippen LogP contribution in [0.2, 0.25) is 0 Å². The van der Waals surface area contributed by atoms with E-state index in [4.69, 9.17) is 0 Å². The second-order valence-corrected chi connectivity index (χ2v) is 10.9. The van der Waals surface area contributed by atoms with Gasteiger partial charge in [0.1, 0.15) is 5.82 Å². The zero-order valence-electron chi connectivity index (χ0n) is 18.9. The average molecular weight is 451 g/mol. The van der Waals surface area contributed by atoms with Crippen molar-refractivity contribution in [3.8, 4) is 0 Å². The number of imidazole rings is 1. The molecule has 2 amide bonds. The lowest BCUT2D eigenvalue weighted by molar-refractivity contribution is -0.122. The Bertz CT molecular complexity index is 1130. The van der Waals surface area contributed by atoms with Gasteiger partial charge in [-0.25, -0.2) is 4.98 Å². The zero-order chi connectivity index (χ0) is 22.5. The quantitative estimate of drug-likeness (QED) is 0.554. The Labute approximate surface area is 192 Å². The standard InChI is InChI=1S/C25H30N4O2S/c1-15(20-9-10-21(32-20)24(31)29-12-6-11-25(29,2)3)26-22(30)14-16-13-17(16)23-27-18-7-4-5-8-19(18)28-23/h4-5,7-10,15-17H,6,11-14H2,1-3H3,(H,26,30)(H,27,28)/t15-,16+,17-/m1/s1. The van der Waals surface area contributed by atoms with E-state index in [0.29, 0.717) is 18.3 Å². The molecule has 0 spiro atoms. The number of para-hydroxylation sites is 2. The van der Waals surface area contributed by atoms with Gasteiger partial charge >= 0.3 is 0 Å². The van der Waals surface area contributed by atoms with Crippen LogP contribution in [0.5, 0.6) is 0 Å². The Kier molecular flexibility index (Phi) is 5.32. The smallest absolute Gasteiger partial charge is 0.264 e. The first-order chi connectivity index (χ1) is 15.3. The highest BCUT2D eigenvalue weighted by Gasteiger charge is 2.42. The first-order valence-electron chi connectivity index (χ1n) is 11.5. The first kappa shape index (κ1) is 21.2. The van der Waals surface area contributed by atoms with Crippen LogP contribution in [0.1, 0.15) is 78.8 Å². The van der Waals surface area contributed by atoms with Crippen LogP contribution in [-0.2, 0) is 4.79 Å². The number of thiophene rings is 1. The molecule has 2 N–H and O–H groups in total. The second kappa shape index (κ2) is 8.03. The van der Waals surface area contributed by atoms with Gasteiger partial charge in [-0.1, -0.05) is 12.1 Å². The number of hydrogen-bond donors (Lipinski definition) is 2. The van der Waals surface area contributed by atoms with Crippen LogP contribution < -0.4 is 5.32 Å². The summed E-state index contributed by atoms with van der Waals surface area (Å²) in [4.78, 5) is 37.4. The molecule has 168 valence electrons. The number of H-pyrrole nitrogens is 1. The fourth-order valence-corrected chi connectivity index (χ4v) is 5.84. The molecular formula is C25H30N4O2S. The molecule has 0 radical (unpaired) electrons. The third-order valence-corrected chi connectivity index (χ3v) is 8.17. The van der Waals surface area contributed by atoms with Crippen LogP contribution in [0.25, 0.3) is 11.0 Å². The van der Waals surface area contributed by atoms with E-state index in [0.717, 1.165) is 52.4 Å². The molecule has 3 heterocycles. The predicted molar refractivity (Wildman–Crippen MR) is 127 cm³/mol. The maximum Gasteiger partial charge on any atom is 0.264 e. The molecule has 1 saturated carbocycles. The molecule has 3 aromatic rings. The average Bonchev–Trinajstić information content (AvgIpc) is 3.13. The normalized spacial score (nSPS) is 22.8. The van der Waals surface area contributed by atoms with Gasteiger partial charge in [0.2, 0.25) is 5.91 Å². The number of nitrogens with one attached hydrogen (secondary N) is 2. The SMILES string of the molecule is C[C@@H](NC(=O)C[C@@H]1C[C@H]1c1nc2ccccc2[nH]1)c1ccc(C(=O)N2CCCC2(C)C)s1. The number of aromatic amines is 1. The van der Waals surface area contributed by atoms with Gasteiger partial charge in [-0.3, -0.25) is 9.59 Å². The van der Waals surface area contributed by atoms with Crippen molar-refractivity contribution in [2.24, 2.45) is 5.92 Å². The monoisotopic (exact) mass is 450 g/mol. The first-order valence-corrected chi connectivity index (χ1v) is 12.3. The van der Waals surface area contributed by atoms with E-state index < -0.39 is 0 Å². The second-order valence-electron chi connectivity index (χ2n) is 9.81. The summed E-state index contributed by atoms with van der Waals surface area (Å²) in [6.07, 6.45) is 3.59. The minimum atomic E-state index is -0.107. The van der Waals surface area contributed by atoms with Gasteiger partial charge in [0.05, 0.1) is 22.0 Å². The van der Waals surface area contributed by atoms with Gasteiger partial charge in [0, 0.05) is 29.3 Å². The van der Waals surface area contributed by atoms with Gasteiger partial charge in [0.15, 0.2) is 0 Å². The minimum Gasteiger partial charge on any atom is -0.349 e. The Hall–Kier alpha value is -2.67. The largest absolute Gasteiger partial charge is 0.349 e. The van der Waals surface area contributed by atoms with Gasteiger partial charge < -0.3 is 15.2 Å². The van der Waals surface area contributed by atoms with Crippen molar-refractivity contribution >= 4 is 34.2 Å². The van der Waals surface area contributed by atoms with Crippen LogP contribution in [0.3, 0.4) is 0 Å². The van der Waals surface area contributed by atoms with E-state index in [9.17, 15) is 9.59 Å². The highest BCUT2D eigenvalue weighted by molar-refractivity contribution is 7.14. The molecule has 1 aliphatic carbocycles. The fraction of sp³-hybridized carbons (Fsp3) is 0.480. The number of hydrogen-bond acceptors (Lipinski definition) is 4. The molecule has 0 bridgehead atoms. The number of amides is 2. The third kappa shape index (κ3) is 4.06. The molecule has 1 aliphatic heterocycles. The Morgan fingerprint density at radius 3 is 2.84 bits per heavy atom. The molecule has 0 unspecified atom stereocenters. The highest BCUT2D eigenvalue weighted by Crippen LogP contribution is 2.48. The summed E-state index contributed by atoms with van der Waals surface area (Å²) < 4.78 is 0. The van der Waals surface area contributed by atoms with Crippen LogP contribution in [0.15, 0.2) is 36.4 Å². The molecule has 3 atom stereocenters. The van der Waals surface area contributed by atoms with Crippen molar-refractivity contribution in [2.75, 3.05) is 6.54 Å². The van der Waals surface area contributed by atoms with E-state index in [1.807, 2.05) is 48.2 Å². The summed E-state index contributed by atoms with van der Waals surface area (Å²) in [5, 5.41) is 3.12. The number of likely N-dealkylation sites (tertiary alicyclic amines) is 1. The number of nitrogens with zero attached hydrogens (tertiary/aromatic N) is 2. The lowest BCUT2D eigenvalue weighted by Crippen LogP contribution is -2.42. The molecule has 2 aliphatic rings. The van der Waals surface area contributed by atoms with Crippen molar-refractivity contribution in [1.29, 1.82) is 0 Å². The van der Waals surface area contributed by atoms with E-state index >= 15 is 0 Å². The van der Waals surface area contributed by atoms with Crippen LogP contribution >= 0.6 is 11.3 Å². The van der Waals surface area contributed by atoms with Gasteiger partial charge in [-0.15, -0.1) is 11.3 Å². The lowest BCUT2D eigenvalue weighted by atomic mass is 10.0. The minimum absolute atomic E-state index is 0.0584.